The molecule has 0 aromatic heterocycles. The van der Waals surface area contributed by atoms with Crippen LogP contribution in [0.15, 0.2) is 0 Å². The van der Waals surface area contributed by atoms with Crippen LogP contribution in [0.3, 0.4) is 0 Å². The van der Waals surface area contributed by atoms with Crippen LogP contribution >= 0.6 is 0 Å². The monoisotopic (exact) mass is 400 g/mol. The second kappa shape index (κ2) is 11.2. The molecule has 2 saturated carbocycles. The van der Waals surface area contributed by atoms with Gasteiger partial charge >= 0.3 is 0 Å². The second-order valence-electron chi connectivity index (χ2n) is 9.00. The molecular weight excluding hydrogens is 360 g/mol. The summed E-state index contributed by atoms with van der Waals surface area (Å²) >= 11 is 0. The van der Waals surface area contributed by atoms with Crippen LogP contribution in [-0.2, 0) is 19.6 Å². The molecule has 0 aromatic carbocycles. The maximum Gasteiger partial charge on any atom is 0.292 e. The molecule has 28 heavy (non-hydrogen) atoms. The summed E-state index contributed by atoms with van der Waals surface area (Å²) in [6, 6.07) is 0. The first-order valence-electron chi connectivity index (χ1n) is 11.8. The summed E-state index contributed by atoms with van der Waals surface area (Å²) in [5.41, 5.74) is 0. The minimum absolute atomic E-state index is 0.00347. The Morgan fingerprint density at radius 3 is 1.68 bits per heavy atom. The zero-order chi connectivity index (χ0) is 19.7. The summed E-state index contributed by atoms with van der Waals surface area (Å²) in [6.45, 7) is 0. The van der Waals surface area contributed by atoms with Gasteiger partial charge in [0.1, 0.15) is 6.10 Å². The van der Waals surface area contributed by atoms with Gasteiger partial charge < -0.3 is 10.2 Å². The van der Waals surface area contributed by atoms with E-state index >= 15 is 0 Å². The molecule has 0 bridgehead atoms. The average molecular weight is 401 g/mol. The van der Waals surface area contributed by atoms with Crippen molar-refractivity contribution in [3.63, 3.8) is 0 Å². The van der Waals surface area contributed by atoms with Crippen molar-refractivity contribution in [2.75, 3.05) is 0 Å². The van der Waals surface area contributed by atoms with E-state index in [-0.39, 0.29) is 6.10 Å². The zero-order valence-electron chi connectivity index (χ0n) is 17.4. The second-order valence-corrected chi connectivity index (χ2v) is 9.00. The standard InChI is InChI=1S/C22H40O6/c23-20-17-13-9-5-6-10-14-18-21(22(20,24)28-27-21)26-25-19-15-11-7-3-1-2-4-8-12-16-19/h19-20,23-24H,1-18H2. The average Bonchev–Trinajstić information content (AvgIpc) is 2.76. The van der Waals surface area contributed by atoms with Gasteiger partial charge in [0, 0.05) is 6.42 Å². The molecule has 2 N–H and O–H groups in total. The number of hydrogen-bond donors (Lipinski definition) is 2. The van der Waals surface area contributed by atoms with E-state index in [1.807, 2.05) is 0 Å². The quantitative estimate of drug-likeness (QED) is 0.509. The van der Waals surface area contributed by atoms with Crippen LogP contribution in [0.4, 0.5) is 0 Å². The molecular formula is C22H40O6. The Morgan fingerprint density at radius 1 is 0.643 bits per heavy atom. The van der Waals surface area contributed by atoms with Gasteiger partial charge in [0.15, 0.2) is 0 Å². The molecule has 2 aliphatic carbocycles. The zero-order valence-corrected chi connectivity index (χ0v) is 17.4. The Bertz CT molecular complexity index is 435. The Hall–Kier alpha value is -0.240. The topological polar surface area (TPSA) is 77.4 Å². The van der Waals surface area contributed by atoms with Crippen molar-refractivity contribution in [2.24, 2.45) is 0 Å². The minimum Gasteiger partial charge on any atom is -0.387 e. The van der Waals surface area contributed by atoms with Gasteiger partial charge in [-0.2, -0.15) is 14.7 Å². The van der Waals surface area contributed by atoms with Crippen LogP contribution < -0.4 is 0 Å². The Morgan fingerprint density at radius 2 is 1.14 bits per heavy atom. The third-order valence-electron chi connectivity index (χ3n) is 6.66. The van der Waals surface area contributed by atoms with E-state index < -0.39 is 17.7 Å². The summed E-state index contributed by atoms with van der Waals surface area (Å²) in [6.07, 6.45) is 17.8. The predicted molar refractivity (Wildman–Crippen MR) is 105 cm³/mol. The Labute approximate surface area is 169 Å². The molecule has 0 amide bonds. The number of rotatable bonds is 3. The molecule has 1 saturated heterocycles. The molecule has 3 rings (SSSR count). The van der Waals surface area contributed by atoms with Gasteiger partial charge in [-0.3, -0.25) is 0 Å². The van der Waals surface area contributed by atoms with E-state index in [0.29, 0.717) is 12.8 Å². The number of aliphatic hydroxyl groups is 2. The summed E-state index contributed by atoms with van der Waals surface area (Å²) in [5.74, 6) is -3.28. The molecule has 6 nitrogen and oxygen atoms in total. The van der Waals surface area contributed by atoms with Crippen molar-refractivity contribution in [2.45, 2.75) is 139 Å². The summed E-state index contributed by atoms with van der Waals surface area (Å²) in [4.78, 5) is 22.0. The van der Waals surface area contributed by atoms with E-state index in [9.17, 15) is 10.2 Å². The minimum atomic E-state index is -1.86. The van der Waals surface area contributed by atoms with Crippen LogP contribution in [0.1, 0.15) is 116 Å². The van der Waals surface area contributed by atoms with Crippen molar-refractivity contribution in [1.29, 1.82) is 0 Å². The fourth-order valence-electron chi connectivity index (χ4n) is 4.65. The van der Waals surface area contributed by atoms with Gasteiger partial charge in [0.05, 0.1) is 6.10 Å². The van der Waals surface area contributed by atoms with Crippen LogP contribution in [0.5, 0.6) is 0 Å². The molecule has 164 valence electrons. The van der Waals surface area contributed by atoms with Gasteiger partial charge in [-0.05, 0) is 25.7 Å². The lowest BCUT2D eigenvalue weighted by molar-refractivity contribution is -0.704. The van der Waals surface area contributed by atoms with E-state index in [2.05, 4.69) is 0 Å². The highest BCUT2D eigenvalue weighted by atomic mass is 17.4. The molecule has 6 heteroatoms. The molecule has 3 atom stereocenters. The van der Waals surface area contributed by atoms with Crippen LogP contribution in [0.25, 0.3) is 0 Å². The van der Waals surface area contributed by atoms with Crippen molar-refractivity contribution in [3.05, 3.63) is 0 Å². The van der Waals surface area contributed by atoms with Gasteiger partial charge in [-0.15, -0.1) is 0 Å². The third kappa shape index (κ3) is 5.67. The number of hydrogen-bond acceptors (Lipinski definition) is 6. The molecule has 3 fully saturated rings. The van der Waals surface area contributed by atoms with Crippen molar-refractivity contribution in [1.82, 2.24) is 0 Å². The number of aliphatic hydroxyl groups excluding tert-OH is 1. The first-order valence-corrected chi connectivity index (χ1v) is 11.8. The van der Waals surface area contributed by atoms with Gasteiger partial charge in [-0.25, -0.2) is 4.89 Å². The van der Waals surface area contributed by atoms with Crippen LogP contribution in [0, 0.1) is 0 Å². The van der Waals surface area contributed by atoms with E-state index in [1.54, 1.807) is 0 Å². The molecule has 1 aliphatic heterocycles. The third-order valence-corrected chi connectivity index (χ3v) is 6.66. The molecule has 0 spiro atoms. The highest BCUT2D eigenvalue weighted by Crippen LogP contribution is 2.47. The van der Waals surface area contributed by atoms with Crippen LogP contribution in [0.2, 0.25) is 0 Å². The Balaban J connectivity index is 1.60. The molecule has 1 heterocycles. The fourth-order valence-corrected chi connectivity index (χ4v) is 4.65. The SMILES string of the molecule is OC1CCCCCCCCC2(OOC3CCCCCCCCCC3)OOC12O. The van der Waals surface area contributed by atoms with Gasteiger partial charge in [0.25, 0.3) is 11.6 Å². The maximum atomic E-state index is 11.0. The van der Waals surface area contributed by atoms with Crippen molar-refractivity contribution < 1.29 is 29.8 Å². The normalized spacial score (nSPS) is 37.7. The maximum absolute atomic E-state index is 11.0. The van der Waals surface area contributed by atoms with E-state index in [0.717, 1.165) is 64.2 Å². The van der Waals surface area contributed by atoms with E-state index in [4.69, 9.17) is 19.6 Å². The largest absolute Gasteiger partial charge is 0.387 e. The first kappa shape index (κ1) is 22.4. The number of fused-ring (bicyclic) bond motifs is 1. The Kier molecular flexibility index (Phi) is 9.00. The van der Waals surface area contributed by atoms with Crippen molar-refractivity contribution >= 4 is 0 Å². The first-order chi connectivity index (χ1) is 13.7. The lowest BCUT2D eigenvalue weighted by Gasteiger charge is -2.52. The van der Waals surface area contributed by atoms with Gasteiger partial charge in [0.2, 0.25) is 0 Å². The van der Waals surface area contributed by atoms with Crippen molar-refractivity contribution in [3.8, 4) is 0 Å². The van der Waals surface area contributed by atoms with Gasteiger partial charge in [-0.1, -0.05) is 83.5 Å². The highest BCUT2D eigenvalue weighted by molar-refractivity contribution is 4.96. The molecule has 0 radical (unpaired) electrons. The van der Waals surface area contributed by atoms with Crippen LogP contribution in [-0.4, -0.2) is 34.0 Å². The smallest absolute Gasteiger partial charge is 0.292 e. The van der Waals surface area contributed by atoms with E-state index in [1.165, 1.54) is 38.5 Å². The lowest BCUT2D eigenvalue weighted by Crippen LogP contribution is -2.73. The summed E-state index contributed by atoms with van der Waals surface area (Å²) < 4.78 is 0. The molecule has 3 aliphatic rings. The highest BCUT2D eigenvalue weighted by Gasteiger charge is 2.70. The summed E-state index contributed by atoms with van der Waals surface area (Å²) in [7, 11) is 0. The summed E-state index contributed by atoms with van der Waals surface area (Å²) in [5, 5.41) is 21.6. The lowest BCUT2D eigenvalue weighted by atomic mass is 9.91. The molecule has 3 unspecified atom stereocenters. The molecule has 0 aromatic rings. The predicted octanol–water partition coefficient (Wildman–Crippen LogP) is 5.06. The fraction of sp³-hybridized carbons (Fsp3) is 1.00.